The number of anilines is 1. The molecule has 0 aliphatic carbocycles. The molecule has 1 atom stereocenters. The Morgan fingerprint density at radius 3 is 2.89 bits per heavy atom. The molecule has 1 aliphatic heterocycles. The molecule has 1 aromatic rings. The molecule has 19 heavy (non-hydrogen) atoms. The molecule has 0 bridgehead atoms. The lowest BCUT2D eigenvalue weighted by Gasteiger charge is -2.29. The Balaban J connectivity index is 2.04. The SMILES string of the molecule is Cc1cc(N(C)CC2CCCNC2)ccc1[N+](=O)[O-]. The van der Waals surface area contributed by atoms with Gasteiger partial charge in [0.05, 0.1) is 4.92 Å². The van der Waals surface area contributed by atoms with Crippen LogP contribution in [0.2, 0.25) is 0 Å². The molecule has 0 radical (unpaired) electrons. The predicted octanol–water partition coefficient (Wildman–Crippen LogP) is 2.34. The number of rotatable bonds is 4. The van der Waals surface area contributed by atoms with Crippen molar-refractivity contribution in [3.63, 3.8) is 0 Å². The number of nitro groups is 1. The summed E-state index contributed by atoms with van der Waals surface area (Å²) in [6, 6.07) is 5.33. The number of piperidine rings is 1. The molecule has 1 aliphatic rings. The first kappa shape index (κ1) is 13.8. The summed E-state index contributed by atoms with van der Waals surface area (Å²) in [6.45, 7) is 4.97. The topological polar surface area (TPSA) is 58.4 Å². The lowest BCUT2D eigenvalue weighted by molar-refractivity contribution is -0.385. The van der Waals surface area contributed by atoms with Crippen molar-refractivity contribution >= 4 is 11.4 Å². The third-order valence-electron chi connectivity index (χ3n) is 3.75. The van der Waals surface area contributed by atoms with Crippen molar-refractivity contribution in [1.29, 1.82) is 0 Å². The standard InChI is InChI=1S/C14H21N3O2/c1-11-8-13(5-6-14(11)17(18)19)16(2)10-12-4-3-7-15-9-12/h5-6,8,12,15H,3-4,7,9-10H2,1-2H3. The van der Waals surface area contributed by atoms with Crippen LogP contribution in [0.3, 0.4) is 0 Å². The van der Waals surface area contributed by atoms with Gasteiger partial charge in [0.1, 0.15) is 0 Å². The highest BCUT2D eigenvalue weighted by atomic mass is 16.6. The molecule has 0 saturated carbocycles. The van der Waals surface area contributed by atoms with Crippen molar-refractivity contribution in [2.24, 2.45) is 5.92 Å². The van der Waals surface area contributed by atoms with Gasteiger partial charge in [0, 0.05) is 30.9 Å². The van der Waals surface area contributed by atoms with E-state index in [2.05, 4.69) is 17.3 Å². The number of benzene rings is 1. The van der Waals surface area contributed by atoms with E-state index in [1.165, 1.54) is 12.8 Å². The minimum atomic E-state index is -0.329. The molecule has 104 valence electrons. The maximum Gasteiger partial charge on any atom is 0.272 e. The average molecular weight is 263 g/mol. The fourth-order valence-electron chi connectivity index (χ4n) is 2.65. The Kier molecular flexibility index (Phi) is 4.37. The van der Waals surface area contributed by atoms with Crippen LogP contribution >= 0.6 is 0 Å². The number of aryl methyl sites for hydroxylation is 1. The summed E-state index contributed by atoms with van der Waals surface area (Å²) in [5.41, 5.74) is 1.96. The van der Waals surface area contributed by atoms with Crippen molar-refractivity contribution in [3.8, 4) is 0 Å². The molecule has 0 aromatic heterocycles. The van der Waals surface area contributed by atoms with Gasteiger partial charge in [-0.15, -0.1) is 0 Å². The highest BCUT2D eigenvalue weighted by Crippen LogP contribution is 2.24. The lowest BCUT2D eigenvalue weighted by atomic mass is 9.99. The highest BCUT2D eigenvalue weighted by Gasteiger charge is 2.17. The van der Waals surface area contributed by atoms with Crippen molar-refractivity contribution in [3.05, 3.63) is 33.9 Å². The quantitative estimate of drug-likeness (QED) is 0.669. The van der Waals surface area contributed by atoms with Gasteiger partial charge in [0.15, 0.2) is 0 Å². The van der Waals surface area contributed by atoms with Crippen molar-refractivity contribution in [2.45, 2.75) is 19.8 Å². The van der Waals surface area contributed by atoms with Gasteiger partial charge in [0.25, 0.3) is 5.69 Å². The van der Waals surface area contributed by atoms with Crippen molar-refractivity contribution in [1.82, 2.24) is 5.32 Å². The Morgan fingerprint density at radius 1 is 1.53 bits per heavy atom. The Morgan fingerprint density at radius 2 is 2.32 bits per heavy atom. The summed E-state index contributed by atoms with van der Waals surface area (Å²) in [6.07, 6.45) is 2.49. The number of nitrogens with one attached hydrogen (secondary N) is 1. The fraction of sp³-hybridized carbons (Fsp3) is 0.571. The van der Waals surface area contributed by atoms with E-state index in [9.17, 15) is 10.1 Å². The molecule has 5 nitrogen and oxygen atoms in total. The second kappa shape index (κ2) is 6.02. The maximum atomic E-state index is 10.8. The molecule has 0 spiro atoms. The van der Waals surface area contributed by atoms with Gasteiger partial charge in [0.2, 0.25) is 0 Å². The molecular weight excluding hydrogens is 242 g/mol. The molecule has 1 N–H and O–H groups in total. The van der Waals surface area contributed by atoms with Gasteiger partial charge in [-0.2, -0.15) is 0 Å². The van der Waals surface area contributed by atoms with Crippen LogP contribution in [0.15, 0.2) is 18.2 Å². The number of nitrogens with zero attached hydrogens (tertiary/aromatic N) is 2. The first-order chi connectivity index (χ1) is 9.08. The molecule has 1 unspecified atom stereocenters. The first-order valence-corrected chi connectivity index (χ1v) is 6.75. The van der Waals surface area contributed by atoms with E-state index in [0.717, 1.165) is 30.9 Å². The van der Waals surface area contributed by atoms with E-state index >= 15 is 0 Å². The second-order valence-electron chi connectivity index (χ2n) is 5.32. The predicted molar refractivity (Wildman–Crippen MR) is 76.7 cm³/mol. The Bertz CT molecular complexity index is 456. The third kappa shape index (κ3) is 3.44. The summed E-state index contributed by atoms with van der Waals surface area (Å²) in [7, 11) is 2.05. The minimum absolute atomic E-state index is 0.191. The molecule has 1 fully saturated rings. The lowest BCUT2D eigenvalue weighted by Crippen LogP contribution is -2.36. The number of nitro benzene ring substituents is 1. The van der Waals surface area contributed by atoms with Crippen molar-refractivity contribution < 1.29 is 4.92 Å². The zero-order valence-corrected chi connectivity index (χ0v) is 11.6. The largest absolute Gasteiger partial charge is 0.374 e. The molecule has 0 amide bonds. The van der Waals surface area contributed by atoms with E-state index in [4.69, 9.17) is 0 Å². The van der Waals surface area contributed by atoms with E-state index in [-0.39, 0.29) is 10.6 Å². The summed E-state index contributed by atoms with van der Waals surface area (Å²) in [5.74, 6) is 0.661. The van der Waals surface area contributed by atoms with E-state index < -0.39 is 0 Å². The van der Waals surface area contributed by atoms with Crippen LogP contribution in [0.25, 0.3) is 0 Å². The maximum absolute atomic E-state index is 10.8. The summed E-state index contributed by atoms with van der Waals surface area (Å²) in [4.78, 5) is 12.7. The fourth-order valence-corrected chi connectivity index (χ4v) is 2.65. The molecule has 1 saturated heterocycles. The van der Waals surface area contributed by atoms with Crippen LogP contribution in [0.1, 0.15) is 18.4 Å². The van der Waals surface area contributed by atoms with Crippen LogP contribution in [0.4, 0.5) is 11.4 Å². The van der Waals surface area contributed by atoms with Gasteiger partial charge in [-0.3, -0.25) is 10.1 Å². The van der Waals surface area contributed by atoms with Gasteiger partial charge in [-0.05, 0) is 50.9 Å². The second-order valence-corrected chi connectivity index (χ2v) is 5.32. The number of hydrogen-bond acceptors (Lipinski definition) is 4. The molecule has 2 rings (SSSR count). The van der Waals surface area contributed by atoms with Crippen LogP contribution in [0, 0.1) is 23.0 Å². The molecule has 1 heterocycles. The van der Waals surface area contributed by atoms with Crippen LogP contribution in [-0.4, -0.2) is 31.6 Å². The molecule has 5 heteroatoms. The minimum Gasteiger partial charge on any atom is -0.374 e. The van der Waals surface area contributed by atoms with Gasteiger partial charge in [-0.25, -0.2) is 0 Å². The third-order valence-corrected chi connectivity index (χ3v) is 3.75. The van der Waals surface area contributed by atoms with Gasteiger partial charge < -0.3 is 10.2 Å². The summed E-state index contributed by atoms with van der Waals surface area (Å²) in [5, 5.41) is 14.2. The van der Waals surface area contributed by atoms with E-state index in [1.54, 1.807) is 13.0 Å². The Hall–Kier alpha value is -1.62. The zero-order chi connectivity index (χ0) is 13.8. The highest BCUT2D eigenvalue weighted by molar-refractivity contribution is 5.54. The summed E-state index contributed by atoms with van der Waals surface area (Å²) < 4.78 is 0. The smallest absolute Gasteiger partial charge is 0.272 e. The normalized spacial score (nSPS) is 19.2. The molecular formula is C14H21N3O2. The Labute approximate surface area is 113 Å². The molecule has 1 aromatic carbocycles. The van der Waals surface area contributed by atoms with Crippen LogP contribution < -0.4 is 10.2 Å². The van der Waals surface area contributed by atoms with E-state index in [1.807, 2.05) is 12.1 Å². The van der Waals surface area contributed by atoms with Crippen molar-refractivity contribution in [2.75, 3.05) is 31.6 Å². The average Bonchev–Trinajstić information content (AvgIpc) is 2.39. The van der Waals surface area contributed by atoms with Gasteiger partial charge >= 0.3 is 0 Å². The van der Waals surface area contributed by atoms with Crippen LogP contribution in [-0.2, 0) is 0 Å². The monoisotopic (exact) mass is 263 g/mol. The van der Waals surface area contributed by atoms with Gasteiger partial charge in [-0.1, -0.05) is 0 Å². The summed E-state index contributed by atoms with van der Waals surface area (Å²) >= 11 is 0. The van der Waals surface area contributed by atoms with Crippen LogP contribution in [0.5, 0.6) is 0 Å². The first-order valence-electron chi connectivity index (χ1n) is 6.75. The van der Waals surface area contributed by atoms with E-state index in [0.29, 0.717) is 5.92 Å². The number of hydrogen-bond donors (Lipinski definition) is 1. The zero-order valence-electron chi connectivity index (χ0n) is 11.6.